The van der Waals surface area contributed by atoms with Crippen LogP contribution < -0.4 is 0 Å². The second-order valence-electron chi connectivity index (χ2n) is 4.73. The molecule has 1 aromatic rings. The Morgan fingerprint density at radius 1 is 1.06 bits per heavy atom. The van der Waals surface area contributed by atoms with Crippen molar-refractivity contribution in [2.45, 2.75) is 19.3 Å². The molecular weight excluding hydrogens is 226 g/mol. The van der Waals surface area contributed by atoms with Crippen molar-refractivity contribution in [1.82, 2.24) is 4.90 Å². The van der Waals surface area contributed by atoms with Crippen molar-refractivity contribution in [2.75, 3.05) is 32.8 Å². The average molecular weight is 247 g/mol. The monoisotopic (exact) mass is 247 g/mol. The highest BCUT2D eigenvalue weighted by molar-refractivity contribution is 5.50. The quantitative estimate of drug-likeness (QED) is 0.717. The normalized spacial score (nSPS) is 16.7. The number of hydrogen-bond acceptors (Lipinski definition) is 3. The Hall–Kier alpha value is -1.19. The Morgan fingerprint density at radius 2 is 1.67 bits per heavy atom. The summed E-state index contributed by atoms with van der Waals surface area (Å²) < 4.78 is 5.33. The van der Waals surface area contributed by atoms with E-state index in [4.69, 9.17) is 4.74 Å². The van der Waals surface area contributed by atoms with E-state index in [1.54, 1.807) is 0 Å². The Morgan fingerprint density at radius 3 is 2.28 bits per heavy atom. The predicted molar refractivity (Wildman–Crippen MR) is 71.8 cm³/mol. The summed E-state index contributed by atoms with van der Waals surface area (Å²) in [6.45, 7) is 4.95. The first-order valence-corrected chi connectivity index (χ1v) is 6.70. The van der Waals surface area contributed by atoms with Crippen LogP contribution in [0.2, 0.25) is 0 Å². The van der Waals surface area contributed by atoms with E-state index in [0.717, 1.165) is 52.0 Å². The number of hydrogen-bond donors (Lipinski definition) is 0. The second kappa shape index (κ2) is 7.29. The van der Waals surface area contributed by atoms with E-state index in [1.807, 2.05) is 0 Å². The average Bonchev–Trinajstić information content (AvgIpc) is 2.45. The molecule has 1 heterocycles. The van der Waals surface area contributed by atoms with Gasteiger partial charge >= 0.3 is 0 Å². The smallest absolute Gasteiger partial charge is 0.120 e. The van der Waals surface area contributed by atoms with Crippen molar-refractivity contribution in [1.29, 1.82) is 0 Å². The second-order valence-corrected chi connectivity index (χ2v) is 4.73. The topological polar surface area (TPSA) is 29.5 Å². The van der Waals surface area contributed by atoms with Crippen molar-refractivity contribution < 1.29 is 9.53 Å². The number of carbonyl (C=O) groups excluding carboxylic acids is 1. The van der Waals surface area contributed by atoms with E-state index in [1.165, 1.54) is 11.1 Å². The van der Waals surface area contributed by atoms with Gasteiger partial charge in [-0.3, -0.25) is 4.90 Å². The molecule has 1 aliphatic heterocycles. The highest BCUT2D eigenvalue weighted by Crippen LogP contribution is 2.08. The Kier molecular flexibility index (Phi) is 5.36. The summed E-state index contributed by atoms with van der Waals surface area (Å²) in [5.74, 6) is 0. The van der Waals surface area contributed by atoms with Gasteiger partial charge in [0, 0.05) is 26.1 Å². The van der Waals surface area contributed by atoms with Gasteiger partial charge in [-0.05, 0) is 24.0 Å². The summed E-state index contributed by atoms with van der Waals surface area (Å²) in [4.78, 5) is 12.8. The van der Waals surface area contributed by atoms with Gasteiger partial charge in [0.2, 0.25) is 0 Å². The first kappa shape index (κ1) is 13.2. The minimum absolute atomic E-state index is 0.618. The van der Waals surface area contributed by atoms with Gasteiger partial charge in [-0.1, -0.05) is 24.3 Å². The van der Waals surface area contributed by atoms with Crippen LogP contribution in [0.5, 0.6) is 0 Å². The molecule has 0 aliphatic carbocycles. The molecule has 0 N–H and O–H groups in total. The van der Waals surface area contributed by atoms with E-state index in [9.17, 15) is 4.79 Å². The predicted octanol–water partition coefficient (Wildman–Crippen LogP) is 1.69. The number of aryl methyl sites for hydroxylation is 1. The molecule has 3 nitrogen and oxygen atoms in total. The fourth-order valence-corrected chi connectivity index (χ4v) is 2.21. The zero-order valence-electron chi connectivity index (χ0n) is 10.8. The highest BCUT2D eigenvalue weighted by Gasteiger charge is 2.09. The molecule has 0 atom stereocenters. The van der Waals surface area contributed by atoms with Gasteiger partial charge in [-0.2, -0.15) is 0 Å². The van der Waals surface area contributed by atoms with Gasteiger partial charge in [-0.25, -0.2) is 0 Å². The molecule has 1 fully saturated rings. The number of nitrogens with zero attached hydrogens (tertiary/aromatic N) is 1. The van der Waals surface area contributed by atoms with Crippen molar-refractivity contribution >= 4 is 6.29 Å². The summed E-state index contributed by atoms with van der Waals surface area (Å²) >= 11 is 0. The summed E-state index contributed by atoms with van der Waals surface area (Å²) in [5, 5.41) is 0. The third kappa shape index (κ3) is 4.24. The number of ether oxygens (including phenoxy) is 1. The zero-order valence-corrected chi connectivity index (χ0v) is 10.8. The van der Waals surface area contributed by atoms with Gasteiger partial charge in [0.05, 0.1) is 13.2 Å². The van der Waals surface area contributed by atoms with Crippen molar-refractivity contribution in [3.63, 3.8) is 0 Å². The molecule has 0 aromatic heterocycles. The zero-order chi connectivity index (χ0) is 12.6. The van der Waals surface area contributed by atoms with E-state index in [0.29, 0.717) is 6.42 Å². The SMILES string of the molecule is O=CCCc1ccc(CCN2CCOCC2)cc1. The lowest BCUT2D eigenvalue weighted by Crippen LogP contribution is -2.37. The Labute approximate surface area is 109 Å². The molecule has 0 spiro atoms. The van der Waals surface area contributed by atoms with Gasteiger partial charge < -0.3 is 9.53 Å². The lowest BCUT2D eigenvalue weighted by Gasteiger charge is -2.26. The Bertz CT molecular complexity index is 355. The highest BCUT2D eigenvalue weighted by atomic mass is 16.5. The lowest BCUT2D eigenvalue weighted by molar-refractivity contribution is -0.107. The number of morpholine rings is 1. The van der Waals surface area contributed by atoms with Crippen LogP contribution in [0.4, 0.5) is 0 Å². The fourth-order valence-electron chi connectivity index (χ4n) is 2.21. The molecule has 1 aliphatic rings. The molecule has 98 valence electrons. The van der Waals surface area contributed by atoms with Crippen LogP contribution in [-0.2, 0) is 22.4 Å². The van der Waals surface area contributed by atoms with Crippen LogP contribution in [-0.4, -0.2) is 44.0 Å². The van der Waals surface area contributed by atoms with Crippen molar-refractivity contribution in [3.05, 3.63) is 35.4 Å². The minimum Gasteiger partial charge on any atom is -0.379 e. The van der Waals surface area contributed by atoms with E-state index >= 15 is 0 Å². The third-order valence-corrected chi connectivity index (χ3v) is 3.39. The summed E-state index contributed by atoms with van der Waals surface area (Å²) in [6.07, 6.45) is 3.54. The van der Waals surface area contributed by atoms with Crippen molar-refractivity contribution in [3.8, 4) is 0 Å². The van der Waals surface area contributed by atoms with Crippen LogP contribution >= 0.6 is 0 Å². The standard InChI is InChI=1S/C15H21NO2/c17-11-1-2-14-3-5-15(6-4-14)7-8-16-9-12-18-13-10-16/h3-6,11H,1-2,7-10,12-13H2. The Balaban J connectivity index is 1.76. The van der Waals surface area contributed by atoms with Gasteiger partial charge in [0.25, 0.3) is 0 Å². The summed E-state index contributed by atoms with van der Waals surface area (Å²) in [7, 11) is 0. The van der Waals surface area contributed by atoms with Crippen LogP contribution in [0.15, 0.2) is 24.3 Å². The van der Waals surface area contributed by atoms with Crippen LogP contribution in [0.25, 0.3) is 0 Å². The molecule has 0 radical (unpaired) electrons. The number of carbonyl (C=O) groups is 1. The number of rotatable bonds is 6. The van der Waals surface area contributed by atoms with E-state index in [2.05, 4.69) is 29.2 Å². The maximum absolute atomic E-state index is 10.3. The molecule has 1 aromatic carbocycles. The molecular formula is C15H21NO2. The molecule has 3 heteroatoms. The van der Waals surface area contributed by atoms with Gasteiger partial charge in [0.1, 0.15) is 6.29 Å². The minimum atomic E-state index is 0.618. The number of aldehydes is 1. The molecule has 18 heavy (non-hydrogen) atoms. The first-order valence-electron chi connectivity index (χ1n) is 6.70. The largest absolute Gasteiger partial charge is 0.379 e. The van der Waals surface area contributed by atoms with Crippen LogP contribution in [0.1, 0.15) is 17.5 Å². The molecule has 2 rings (SSSR count). The summed E-state index contributed by atoms with van der Waals surface area (Å²) in [5.41, 5.74) is 2.62. The maximum Gasteiger partial charge on any atom is 0.120 e. The van der Waals surface area contributed by atoms with Gasteiger partial charge in [-0.15, -0.1) is 0 Å². The molecule has 0 bridgehead atoms. The first-order chi connectivity index (χ1) is 8.88. The molecule has 0 unspecified atom stereocenters. The van der Waals surface area contributed by atoms with E-state index in [-0.39, 0.29) is 0 Å². The van der Waals surface area contributed by atoms with Crippen LogP contribution in [0, 0.1) is 0 Å². The third-order valence-electron chi connectivity index (χ3n) is 3.39. The molecule has 0 amide bonds. The maximum atomic E-state index is 10.3. The molecule has 1 saturated heterocycles. The summed E-state index contributed by atoms with van der Waals surface area (Å²) in [6, 6.07) is 8.64. The number of benzene rings is 1. The molecule has 0 saturated carbocycles. The van der Waals surface area contributed by atoms with Crippen LogP contribution in [0.3, 0.4) is 0 Å². The van der Waals surface area contributed by atoms with E-state index < -0.39 is 0 Å². The van der Waals surface area contributed by atoms with Gasteiger partial charge in [0.15, 0.2) is 0 Å². The fraction of sp³-hybridized carbons (Fsp3) is 0.533. The van der Waals surface area contributed by atoms with Crippen molar-refractivity contribution in [2.24, 2.45) is 0 Å². The lowest BCUT2D eigenvalue weighted by atomic mass is 10.1.